The van der Waals surface area contributed by atoms with Gasteiger partial charge in [0, 0.05) is 13.1 Å². The van der Waals surface area contributed by atoms with Crippen LogP contribution in [-0.4, -0.2) is 31.1 Å². The van der Waals surface area contributed by atoms with Gasteiger partial charge in [-0.25, -0.2) is 0 Å². The zero-order valence-electron chi connectivity index (χ0n) is 14.6. The molecular formula is C19H25F3N2O. The van der Waals surface area contributed by atoms with Crippen molar-refractivity contribution in [3.63, 3.8) is 0 Å². The molecular weight excluding hydrogens is 329 g/mol. The Kier molecular flexibility index (Phi) is 6.53. The van der Waals surface area contributed by atoms with Crippen molar-refractivity contribution in [2.75, 3.05) is 20.1 Å². The lowest BCUT2D eigenvalue weighted by atomic mass is 10.0. The molecule has 2 rings (SSSR count). The number of ether oxygens (including phenoxy) is 1. The number of alkyl halides is 3. The van der Waals surface area contributed by atoms with Crippen LogP contribution in [0.5, 0.6) is 0 Å². The van der Waals surface area contributed by atoms with Gasteiger partial charge in [-0.3, -0.25) is 0 Å². The van der Waals surface area contributed by atoms with Gasteiger partial charge in [0.2, 0.25) is 0 Å². The van der Waals surface area contributed by atoms with Crippen molar-refractivity contribution in [1.82, 2.24) is 4.90 Å². The maximum atomic E-state index is 12.7. The molecule has 3 nitrogen and oxygen atoms in total. The second-order valence-corrected chi connectivity index (χ2v) is 6.46. The smallest absolute Gasteiger partial charge is 0.416 e. The molecule has 1 fully saturated rings. The maximum Gasteiger partial charge on any atom is 0.416 e. The van der Waals surface area contributed by atoms with E-state index in [1.807, 2.05) is 6.08 Å². The molecule has 6 heteroatoms. The minimum atomic E-state index is -4.30. The van der Waals surface area contributed by atoms with Crippen LogP contribution in [0, 0.1) is 6.92 Å². The van der Waals surface area contributed by atoms with Crippen molar-refractivity contribution < 1.29 is 17.9 Å². The summed E-state index contributed by atoms with van der Waals surface area (Å²) in [6.45, 7) is 3.69. The van der Waals surface area contributed by atoms with Crippen LogP contribution in [0.4, 0.5) is 13.2 Å². The van der Waals surface area contributed by atoms with Crippen LogP contribution in [0.25, 0.3) is 0 Å². The summed E-state index contributed by atoms with van der Waals surface area (Å²) in [7, 11) is 2.08. The van der Waals surface area contributed by atoms with Gasteiger partial charge in [-0.2, -0.15) is 13.2 Å². The predicted molar refractivity (Wildman–Crippen MR) is 92.9 cm³/mol. The number of benzene rings is 1. The Balaban J connectivity index is 1.86. The molecule has 1 aromatic rings. The molecule has 0 amide bonds. The van der Waals surface area contributed by atoms with Gasteiger partial charge in [0.1, 0.15) is 6.10 Å². The highest BCUT2D eigenvalue weighted by Gasteiger charge is 2.30. The molecule has 1 saturated heterocycles. The van der Waals surface area contributed by atoms with Gasteiger partial charge < -0.3 is 15.4 Å². The summed E-state index contributed by atoms with van der Waals surface area (Å²) in [6.07, 6.45) is 3.64. The highest BCUT2D eigenvalue weighted by molar-refractivity contribution is 5.34. The summed E-state index contributed by atoms with van der Waals surface area (Å²) in [5.74, 6) is 0.370. The van der Waals surface area contributed by atoms with Crippen LogP contribution in [0.15, 0.2) is 42.3 Å². The Hall–Kier alpha value is -1.95. The molecule has 0 saturated carbocycles. The molecule has 0 spiro atoms. The molecule has 1 heterocycles. The van der Waals surface area contributed by atoms with Crippen LogP contribution in [-0.2, 0) is 17.3 Å². The quantitative estimate of drug-likeness (QED) is 0.641. The molecule has 0 aromatic heterocycles. The Labute approximate surface area is 147 Å². The molecule has 2 N–H and O–H groups in total. The number of nitrogens with zero attached hydrogens (tertiary/aromatic N) is 1. The Morgan fingerprint density at radius 1 is 1.32 bits per heavy atom. The zero-order valence-corrected chi connectivity index (χ0v) is 14.6. The third-order valence-corrected chi connectivity index (χ3v) is 4.37. The Bertz CT molecular complexity index is 630. The average molecular weight is 354 g/mol. The molecule has 1 aromatic carbocycles. The number of hydrogen-bond donors (Lipinski definition) is 1. The third kappa shape index (κ3) is 6.12. The molecule has 25 heavy (non-hydrogen) atoms. The van der Waals surface area contributed by atoms with E-state index in [4.69, 9.17) is 10.5 Å². The van der Waals surface area contributed by atoms with E-state index in [1.54, 1.807) is 19.1 Å². The highest BCUT2D eigenvalue weighted by Crippen LogP contribution is 2.30. The number of aryl methyl sites for hydroxylation is 1. The van der Waals surface area contributed by atoms with Crippen molar-refractivity contribution in [3.8, 4) is 0 Å². The number of hydrogen-bond acceptors (Lipinski definition) is 3. The fourth-order valence-corrected chi connectivity index (χ4v) is 2.79. The number of piperidine rings is 1. The van der Waals surface area contributed by atoms with Gasteiger partial charge in [0.25, 0.3) is 0 Å². The first-order valence-corrected chi connectivity index (χ1v) is 8.40. The lowest BCUT2D eigenvalue weighted by molar-refractivity contribution is -0.137. The van der Waals surface area contributed by atoms with Crippen LogP contribution in [0.3, 0.4) is 0 Å². The lowest BCUT2D eigenvalue weighted by Crippen LogP contribution is -2.34. The van der Waals surface area contributed by atoms with Crippen molar-refractivity contribution in [2.45, 2.75) is 38.5 Å². The fraction of sp³-hybridized carbons (Fsp3) is 0.474. The highest BCUT2D eigenvalue weighted by atomic mass is 19.4. The second kappa shape index (κ2) is 8.43. The molecule has 0 aliphatic carbocycles. The largest absolute Gasteiger partial charge is 0.476 e. The topological polar surface area (TPSA) is 38.5 Å². The first kappa shape index (κ1) is 19.4. The number of allylic oxidation sites excluding steroid dienone is 3. The van der Waals surface area contributed by atoms with Crippen molar-refractivity contribution in [3.05, 3.63) is 59.0 Å². The van der Waals surface area contributed by atoms with E-state index in [2.05, 4.69) is 11.9 Å². The van der Waals surface area contributed by atoms with Crippen LogP contribution in [0.2, 0.25) is 0 Å². The summed E-state index contributed by atoms with van der Waals surface area (Å²) in [5.41, 5.74) is 6.73. The van der Waals surface area contributed by atoms with Crippen LogP contribution < -0.4 is 5.73 Å². The maximum absolute atomic E-state index is 12.7. The second-order valence-electron chi connectivity index (χ2n) is 6.46. The summed E-state index contributed by atoms with van der Waals surface area (Å²) in [5, 5.41) is 0. The van der Waals surface area contributed by atoms with E-state index in [9.17, 15) is 13.2 Å². The lowest BCUT2D eigenvalue weighted by Gasteiger charge is -2.29. The van der Waals surface area contributed by atoms with E-state index in [0.717, 1.165) is 37.6 Å². The predicted octanol–water partition coefficient (Wildman–Crippen LogP) is 4.02. The minimum absolute atomic E-state index is 0.151. The average Bonchev–Trinajstić information content (AvgIpc) is 2.54. The molecule has 0 radical (unpaired) electrons. The molecule has 1 aliphatic heterocycles. The molecule has 1 aliphatic rings. The van der Waals surface area contributed by atoms with Crippen molar-refractivity contribution in [1.29, 1.82) is 0 Å². The number of likely N-dealkylation sites (tertiary alicyclic amines) is 1. The van der Waals surface area contributed by atoms with E-state index in [0.29, 0.717) is 17.9 Å². The summed E-state index contributed by atoms with van der Waals surface area (Å²) in [4.78, 5) is 2.26. The molecule has 138 valence electrons. The monoisotopic (exact) mass is 354 g/mol. The normalized spacial score (nSPS) is 18.0. The van der Waals surface area contributed by atoms with Gasteiger partial charge in [0.05, 0.1) is 5.56 Å². The SMILES string of the molecule is Cc1cc(C(F)(F)F)ccc1C/C=C\C=C(/N)OC1CCN(C)CC1. The first-order valence-electron chi connectivity index (χ1n) is 8.40. The number of rotatable bonds is 5. The van der Waals surface area contributed by atoms with E-state index >= 15 is 0 Å². The van der Waals surface area contributed by atoms with Gasteiger partial charge in [-0.1, -0.05) is 18.2 Å². The van der Waals surface area contributed by atoms with Gasteiger partial charge >= 0.3 is 6.18 Å². The Morgan fingerprint density at radius 3 is 2.60 bits per heavy atom. The number of halogens is 3. The molecule has 0 unspecified atom stereocenters. The van der Waals surface area contributed by atoms with E-state index in [-0.39, 0.29) is 6.10 Å². The molecule has 0 bridgehead atoms. The number of nitrogens with two attached hydrogens (primary N) is 1. The van der Waals surface area contributed by atoms with Crippen molar-refractivity contribution >= 4 is 0 Å². The standard InChI is InChI=1S/C19H25F3N2O/c1-14-13-16(19(20,21)22)8-7-15(14)5-3-4-6-18(23)25-17-9-11-24(2)12-10-17/h3-4,6-8,13,17H,5,9-12,23H2,1-2H3/b4-3-,18-6+. The zero-order chi connectivity index (χ0) is 18.4. The van der Waals surface area contributed by atoms with Crippen molar-refractivity contribution in [2.24, 2.45) is 5.73 Å². The summed E-state index contributed by atoms with van der Waals surface area (Å²) in [6, 6.07) is 3.81. The van der Waals surface area contributed by atoms with Gasteiger partial charge in [-0.15, -0.1) is 0 Å². The fourth-order valence-electron chi connectivity index (χ4n) is 2.79. The summed E-state index contributed by atoms with van der Waals surface area (Å²) < 4.78 is 43.7. The van der Waals surface area contributed by atoms with E-state index in [1.165, 1.54) is 12.1 Å². The first-order chi connectivity index (χ1) is 11.8. The molecule has 0 atom stereocenters. The summed E-state index contributed by atoms with van der Waals surface area (Å²) >= 11 is 0. The Morgan fingerprint density at radius 2 is 2.00 bits per heavy atom. The third-order valence-electron chi connectivity index (χ3n) is 4.37. The van der Waals surface area contributed by atoms with Crippen LogP contribution >= 0.6 is 0 Å². The van der Waals surface area contributed by atoms with Gasteiger partial charge in [-0.05, 0) is 62.6 Å². The minimum Gasteiger partial charge on any atom is -0.476 e. The van der Waals surface area contributed by atoms with E-state index < -0.39 is 11.7 Å². The van der Waals surface area contributed by atoms with Gasteiger partial charge in [0.15, 0.2) is 5.88 Å². The van der Waals surface area contributed by atoms with Crippen LogP contribution in [0.1, 0.15) is 29.5 Å².